The van der Waals surface area contributed by atoms with Gasteiger partial charge < -0.3 is 19.9 Å². The van der Waals surface area contributed by atoms with Gasteiger partial charge in [-0.2, -0.15) is 0 Å². The summed E-state index contributed by atoms with van der Waals surface area (Å²) in [5, 5.41) is 12.7. The Bertz CT molecular complexity index is 949. The van der Waals surface area contributed by atoms with Gasteiger partial charge in [0.2, 0.25) is 5.91 Å². The molecule has 1 aromatic carbocycles. The second-order valence-corrected chi connectivity index (χ2v) is 8.51. The van der Waals surface area contributed by atoms with Crippen molar-refractivity contribution in [1.29, 1.82) is 0 Å². The molecule has 1 fully saturated rings. The smallest absolute Gasteiger partial charge is 0.341 e. The summed E-state index contributed by atoms with van der Waals surface area (Å²) in [5.74, 6) is -2.51. The van der Waals surface area contributed by atoms with Crippen LogP contribution in [0.2, 0.25) is 0 Å². The van der Waals surface area contributed by atoms with Gasteiger partial charge in [0.05, 0.1) is 26.1 Å². The topological polar surface area (TPSA) is 102 Å². The summed E-state index contributed by atoms with van der Waals surface area (Å²) in [7, 11) is 2.87. The van der Waals surface area contributed by atoms with Crippen LogP contribution in [0.1, 0.15) is 40.9 Å². The Morgan fingerprint density at radius 1 is 1.07 bits per heavy atom. The largest absolute Gasteiger partial charge is 0.497 e. The van der Waals surface area contributed by atoms with Crippen LogP contribution in [0.5, 0.6) is 5.75 Å². The minimum Gasteiger partial charge on any atom is -0.497 e. The van der Waals surface area contributed by atoms with Crippen LogP contribution < -0.4 is 10.1 Å². The molecule has 30 heavy (non-hydrogen) atoms. The highest BCUT2D eigenvalue weighted by atomic mass is 32.1. The van der Waals surface area contributed by atoms with Crippen LogP contribution in [0.25, 0.3) is 11.1 Å². The molecule has 2 N–H and O–H groups in total. The minimum absolute atomic E-state index is 0.279. The normalized spacial score (nSPS) is 18.5. The molecule has 0 aliphatic heterocycles. The minimum atomic E-state index is -0.954. The lowest BCUT2D eigenvalue weighted by molar-refractivity contribution is -0.147. The molecule has 1 aliphatic carbocycles. The number of carbonyl (C=O) groups is 3. The third-order valence-electron chi connectivity index (χ3n) is 5.51. The Kier molecular flexibility index (Phi) is 6.77. The maximum atomic E-state index is 12.9. The van der Waals surface area contributed by atoms with Crippen molar-refractivity contribution in [3.8, 4) is 16.9 Å². The number of ether oxygens (including phenoxy) is 2. The lowest BCUT2D eigenvalue weighted by atomic mass is 9.78. The van der Waals surface area contributed by atoms with Gasteiger partial charge in [-0.1, -0.05) is 25.0 Å². The summed E-state index contributed by atoms with van der Waals surface area (Å²) in [4.78, 5) is 38.0. The molecular weight excluding hydrogens is 406 g/mol. The summed E-state index contributed by atoms with van der Waals surface area (Å²) < 4.78 is 10.2. The number of carboxylic acid groups (broad SMARTS) is 1. The standard InChI is InChI=1S/C22H25NO6S/c1-12-17(13-8-10-14(28-2)11-9-13)18(22(27)29-3)20(30-12)23-19(24)15-6-4-5-7-16(15)21(25)26/h8-11,15-16H,4-7H2,1-3H3,(H,23,24)(H,25,26). The first-order chi connectivity index (χ1) is 14.4. The predicted octanol–water partition coefficient (Wildman–Crippen LogP) is 4.35. The zero-order chi connectivity index (χ0) is 21.8. The lowest BCUT2D eigenvalue weighted by Crippen LogP contribution is -2.36. The van der Waals surface area contributed by atoms with Crippen molar-refractivity contribution < 1.29 is 29.0 Å². The Hall–Kier alpha value is -2.87. The quantitative estimate of drug-likeness (QED) is 0.660. The number of aryl methyl sites for hydroxylation is 1. The van der Waals surface area contributed by atoms with Crippen molar-refractivity contribution in [3.05, 3.63) is 34.7 Å². The van der Waals surface area contributed by atoms with E-state index in [1.165, 1.54) is 18.4 Å². The molecule has 1 saturated carbocycles. The maximum Gasteiger partial charge on any atom is 0.341 e. The number of rotatable bonds is 6. The highest BCUT2D eigenvalue weighted by Gasteiger charge is 2.36. The second-order valence-electron chi connectivity index (χ2n) is 7.28. The van der Waals surface area contributed by atoms with Gasteiger partial charge in [0.1, 0.15) is 16.3 Å². The Balaban J connectivity index is 1.97. The van der Waals surface area contributed by atoms with Gasteiger partial charge in [-0.05, 0) is 37.5 Å². The van der Waals surface area contributed by atoms with E-state index in [4.69, 9.17) is 9.47 Å². The van der Waals surface area contributed by atoms with Crippen molar-refractivity contribution in [1.82, 2.24) is 0 Å². The van der Waals surface area contributed by atoms with E-state index in [9.17, 15) is 19.5 Å². The van der Waals surface area contributed by atoms with Gasteiger partial charge in [-0.25, -0.2) is 4.79 Å². The average molecular weight is 432 g/mol. The number of methoxy groups -OCH3 is 2. The molecule has 1 aliphatic rings. The first-order valence-corrected chi connectivity index (χ1v) is 10.6. The SMILES string of the molecule is COC(=O)c1c(NC(=O)C2CCCCC2C(=O)O)sc(C)c1-c1ccc(OC)cc1. The first-order valence-electron chi connectivity index (χ1n) is 9.77. The Morgan fingerprint density at radius 2 is 1.70 bits per heavy atom. The molecule has 0 spiro atoms. The van der Waals surface area contributed by atoms with E-state index in [0.717, 1.165) is 23.3 Å². The highest BCUT2D eigenvalue weighted by Crippen LogP contribution is 2.41. The number of carboxylic acids is 1. The fourth-order valence-corrected chi connectivity index (χ4v) is 5.05. The third-order valence-corrected chi connectivity index (χ3v) is 6.53. The van der Waals surface area contributed by atoms with E-state index < -0.39 is 23.8 Å². The number of carbonyl (C=O) groups excluding carboxylic acids is 2. The molecule has 8 heteroatoms. The highest BCUT2D eigenvalue weighted by molar-refractivity contribution is 7.17. The van der Waals surface area contributed by atoms with Gasteiger partial charge in [0, 0.05) is 10.4 Å². The number of benzene rings is 1. The van der Waals surface area contributed by atoms with Gasteiger partial charge in [-0.3, -0.25) is 9.59 Å². The van der Waals surface area contributed by atoms with E-state index in [0.29, 0.717) is 29.2 Å². The fourth-order valence-electron chi connectivity index (χ4n) is 3.98. The fraction of sp³-hybridized carbons (Fsp3) is 0.409. The monoisotopic (exact) mass is 431 g/mol. The van der Waals surface area contributed by atoms with E-state index in [-0.39, 0.29) is 11.5 Å². The van der Waals surface area contributed by atoms with Gasteiger partial charge in [-0.15, -0.1) is 11.3 Å². The number of nitrogens with one attached hydrogen (secondary N) is 1. The number of hydrogen-bond donors (Lipinski definition) is 2. The molecule has 0 radical (unpaired) electrons. The first kappa shape index (κ1) is 21.8. The van der Waals surface area contributed by atoms with Gasteiger partial charge in [0.25, 0.3) is 0 Å². The number of anilines is 1. The van der Waals surface area contributed by atoms with Crippen molar-refractivity contribution in [3.63, 3.8) is 0 Å². The lowest BCUT2D eigenvalue weighted by Gasteiger charge is -2.27. The van der Waals surface area contributed by atoms with Crippen LogP contribution in [0.3, 0.4) is 0 Å². The number of thiophene rings is 1. The third kappa shape index (κ3) is 4.33. The van der Waals surface area contributed by atoms with Crippen LogP contribution in [0, 0.1) is 18.8 Å². The summed E-state index contributed by atoms with van der Waals surface area (Å²) in [5.41, 5.74) is 1.76. The molecule has 0 saturated heterocycles. The molecule has 2 atom stereocenters. The van der Waals surface area contributed by atoms with E-state index in [2.05, 4.69) is 5.32 Å². The van der Waals surface area contributed by atoms with Gasteiger partial charge >= 0.3 is 11.9 Å². The summed E-state index contributed by atoms with van der Waals surface area (Å²) in [6.45, 7) is 1.87. The molecule has 2 aromatic rings. The van der Waals surface area contributed by atoms with Crippen LogP contribution in [-0.4, -0.2) is 37.2 Å². The molecule has 2 unspecified atom stereocenters. The molecule has 0 bridgehead atoms. The second kappa shape index (κ2) is 9.30. The van der Waals surface area contributed by atoms with E-state index in [1.807, 2.05) is 19.1 Å². The Morgan fingerprint density at radius 3 is 2.27 bits per heavy atom. The van der Waals surface area contributed by atoms with E-state index in [1.54, 1.807) is 19.2 Å². The average Bonchev–Trinajstić information content (AvgIpc) is 3.08. The number of amides is 1. The number of hydrogen-bond acceptors (Lipinski definition) is 6. The number of aliphatic carboxylic acids is 1. The molecular formula is C22H25NO6S. The van der Waals surface area contributed by atoms with Crippen molar-refractivity contribution >= 4 is 34.2 Å². The number of esters is 1. The molecule has 160 valence electrons. The van der Waals surface area contributed by atoms with Crippen LogP contribution in [0.4, 0.5) is 5.00 Å². The van der Waals surface area contributed by atoms with E-state index >= 15 is 0 Å². The van der Waals surface area contributed by atoms with Crippen LogP contribution in [0.15, 0.2) is 24.3 Å². The predicted molar refractivity (Wildman–Crippen MR) is 114 cm³/mol. The zero-order valence-electron chi connectivity index (χ0n) is 17.2. The molecule has 1 amide bonds. The molecule has 1 aromatic heterocycles. The molecule has 7 nitrogen and oxygen atoms in total. The van der Waals surface area contributed by atoms with Crippen molar-refractivity contribution in [2.75, 3.05) is 19.5 Å². The Labute approximate surface area is 179 Å². The molecule has 1 heterocycles. The molecule has 3 rings (SSSR count). The summed E-state index contributed by atoms with van der Waals surface area (Å²) >= 11 is 1.28. The van der Waals surface area contributed by atoms with Crippen molar-refractivity contribution in [2.45, 2.75) is 32.6 Å². The zero-order valence-corrected chi connectivity index (χ0v) is 18.0. The van der Waals surface area contributed by atoms with Crippen molar-refractivity contribution in [2.24, 2.45) is 11.8 Å². The van der Waals surface area contributed by atoms with Crippen LogP contribution in [-0.2, 0) is 14.3 Å². The maximum absolute atomic E-state index is 12.9. The van der Waals surface area contributed by atoms with Crippen LogP contribution >= 0.6 is 11.3 Å². The summed E-state index contributed by atoms with van der Waals surface area (Å²) in [6.07, 6.45) is 2.62. The summed E-state index contributed by atoms with van der Waals surface area (Å²) in [6, 6.07) is 7.28. The van der Waals surface area contributed by atoms with Gasteiger partial charge in [0.15, 0.2) is 0 Å².